The lowest BCUT2D eigenvalue weighted by molar-refractivity contribution is 0.0792. The fourth-order valence-corrected chi connectivity index (χ4v) is 5.46. The SMILES string of the molecule is NOC(c1cccc(S(=O)(=O)C(Br)(Br)Br)c1)c1ccccc1S(=O)(=O)O. The zero-order valence-electron chi connectivity index (χ0n) is 12.7. The summed E-state index contributed by atoms with van der Waals surface area (Å²) in [4.78, 5) is 4.44. The molecule has 0 saturated carbocycles. The number of alkyl halides is 3. The second kappa shape index (κ2) is 7.95. The summed E-state index contributed by atoms with van der Waals surface area (Å²) in [5.41, 5.74) is 0.344. The summed E-state index contributed by atoms with van der Waals surface area (Å²) in [6.07, 6.45) is -1.13. The van der Waals surface area contributed by atoms with Gasteiger partial charge < -0.3 is 0 Å². The number of rotatable bonds is 5. The maximum absolute atomic E-state index is 12.5. The predicted molar refractivity (Wildman–Crippen MR) is 107 cm³/mol. The summed E-state index contributed by atoms with van der Waals surface area (Å²) in [5, 5.41) is 0. The number of benzene rings is 2. The highest BCUT2D eigenvalue weighted by atomic mass is 80.0. The highest BCUT2D eigenvalue weighted by Gasteiger charge is 2.37. The third-order valence-corrected chi connectivity index (χ3v) is 9.64. The summed E-state index contributed by atoms with van der Waals surface area (Å²) in [6, 6.07) is 11.2. The van der Waals surface area contributed by atoms with E-state index in [1.54, 1.807) is 0 Å². The van der Waals surface area contributed by atoms with Crippen molar-refractivity contribution < 1.29 is 26.2 Å². The Labute approximate surface area is 175 Å². The van der Waals surface area contributed by atoms with Crippen molar-refractivity contribution in [2.75, 3.05) is 0 Å². The molecular weight excluding hydrogens is 582 g/mol. The van der Waals surface area contributed by atoms with Gasteiger partial charge in [0.25, 0.3) is 10.1 Å². The number of hydrogen-bond acceptors (Lipinski definition) is 6. The highest BCUT2D eigenvalue weighted by Crippen LogP contribution is 2.43. The van der Waals surface area contributed by atoms with Gasteiger partial charge in [-0.2, -0.15) is 8.42 Å². The van der Waals surface area contributed by atoms with Crippen LogP contribution in [0.25, 0.3) is 0 Å². The van der Waals surface area contributed by atoms with Crippen molar-refractivity contribution in [2.45, 2.75) is 17.4 Å². The molecule has 0 aliphatic rings. The average molecular weight is 594 g/mol. The molecule has 7 nitrogen and oxygen atoms in total. The van der Waals surface area contributed by atoms with Crippen molar-refractivity contribution >= 4 is 67.7 Å². The number of halogens is 3. The van der Waals surface area contributed by atoms with Gasteiger partial charge in [0.1, 0.15) is 11.0 Å². The van der Waals surface area contributed by atoms with Crippen LogP contribution in [0.5, 0.6) is 0 Å². The minimum absolute atomic E-state index is 0.0647. The van der Waals surface area contributed by atoms with Gasteiger partial charge in [-0.25, -0.2) is 14.3 Å². The molecule has 0 spiro atoms. The van der Waals surface area contributed by atoms with Crippen LogP contribution in [0, 0.1) is 0 Å². The van der Waals surface area contributed by atoms with Gasteiger partial charge in [-0.3, -0.25) is 9.39 Å². The largest absolute Gasteiger partial charge is 0.294 e. The van der Waals surface area contributed by atoms with Gasteiger partial charge in [0.05, 0.1) is 4.90 Å². The Balaban J connectivity index is 2.64. The number of hydrogen-bond donors (Lipinski definition) is 2. The van der Waals surface area contributed by atoms with Crippen LogP contribution >= 0.6 is 47.8 Å². The zero-order chi connectivity index (χ0) is 19.8. The summed E-state index contributed by atoms with van der Waals surface area (Å²) in [6.45, 7) is 0. The van der Waals surface area contributed by atoms with E-state index in [2.05, 4.69) is 47.8 Å². The van der Waals surface area contributed by atoms with E-state index in [0.29, 0.717) is 0 Å². The summed E-state index contributed by atoms with van der Waals surface area (Å²) >= 11 is 8.93. The molecule has 2 aromatic rings. The van der Waals surface area contributed by atoms with Crippen molar-refractivity contribution in [3.05, 3.63) is 59.7 Å². The van der Waals surface area contributed by atoms with Crippen LogP contribution in [-0.4, -0.2) is 22.9 Å². The first kappa shape index (κ1) is 22.0. The predicted octanol–water partition coefficient (Wildman–Crippen LogP) is 3.48. The topological polar surface area (TPSA) is 124 Å². The monoisotopic (exact) mass is 591 g/mol. The van der Waals surface area contributed by atoms with E-state index >= 15 is 0 Å². The Morgan fingerprint density at radius 2 is 1.62 bits per heavy atom. The minimum Gasteiger partial charge on any atom is -0.292 e. The van der Waals surface area contributed by atoms with Crippen LogP contribution in [0.4, 0.5) is 0 Å². The maximum Gasteiger partial charge on any atom is 0.294 e. The molecule has 0 aliphatic carbocycles. The molecule has 0 heterocycles. The summed E-state index contributed by atoms with van der Waals surface area (Å²) in [7, 11) is -8.41. The minimum atomic E-state index is -4.53. The molecule has 2 rings (SSSR count). The molecule has 1 unspecified atom stereocenters. The van der Waals surface area contributed by atoms with E-state index in [-0.39, 0.29) is 20.9 Å². The lowest BCUT2D eigenvalue weighted by atomic mass is 10.0. The van der Waals surface area contributed by atoms with Gasteiger partial charge in [-0.1, -0.05) is 30.3 Å². The Morgan fingerprint density at radius 3 is 2.15 bits per heavy atom. The van der Waals surface area contributed by atoms with Crippen molar-refractivity contribution in [3.63, 3.8) is 0 Å². The molecular formula is C14H12Br3NO6S2. The zero-order valence-corrected chi connectivity index (χ0v) is 19.1. The normalized spacial score (nSPS) is 14.2. The van der Waals surface area contributed by atoms with Gasteiger partial charge in [0.2, 0.25) is 11.3 Å². The van der Waals surface area contributed by atoms with E-state index < -0.39 is 27.5 Å². The molecule has 0 aromatic heterocycles. The Hall–Kier alpha value is -0.340. The Kier molecular flexibility index (Phi) is 6.72. The van der Waals surface area contributed by atoms with Crippen LogP contribution < -0.4 is 5.90 Å². The van der Waals surface area contributed by atoms with E-state index in [9.17, 15) is 21.4 Å². The Bertz CT molecular complexity index is 1020. The molecule has 0 saturated heterocycles. The van der Waals surface area contributed by atoms with Crippen molar-refractivity contribution in [1.29, 1.82) is 0 Å². The number of nitrogens with two attached hydrogens (primary N) is 1. The highest BCUT2D eigenvalue weighted by molar-refractivity contribution is 9.42. The van der Waals surface area contributed by atoms with Crippen molar-refractivity contribution in [1.82, 2.24) is 0 Å². The van der Waals surface area contributed by atoms with Crippen LogP contribution in [0.3, 0.4) is 0 Å². The maximum atomic E-state index is 12.5. The quantitative estimate of drug-likeness (QED) is 0.309. The van der Waals surface area contributed by atoms with Gasteiger partial charge in [0.15, 0.2) is 0 Å². The van der Waals surface area contributed by atoms with E-state index in [1.165, 1.54) is 48.5 Å². The van der Waals surface area contributed by atoms with E-state index in [0.717, 1.165) is 0 Å². The van der Waals surface area contributed by atoms with Crippen molar-refractivity contribution in [3.8, 4) is 0 Å². The fraction of sp³-hybridized carbons (Fsp3) is 0.143. The first-order valence-corrected chi connectivity index (χ1v) is 12.0. The lowest BCUT2D eigenvalue weighted by Crippen LogP contribution is -2.19. The molecule has 0 aliphatic heterocycles. The molecule has 0 amide bonds. The van der Waals surface area contributed by atoms with Crippen LogP contribution in [0.1, 0.15) is 17.2 Å². The number of sulfone groups is 1. The fourth-order valence-electron chi connectivity index (χ4n) is 2.24. The Morgan fingerprint density at radius 1 is 1.00 bits per heavy atom. The van der Waals surface area contributed by atoms with Gasteiger partial charge in [-0.05, 0) is 71.6 Å². The average Bonchev–Trinajstić information content (AvgIpc) is 2.54. The molecule has 3 N–H and O–H groups in total. The van der Waals surface area contributed by atoms with Gasteiger partial charge in [0, 0.05) is 5.56 Å². The second-order valence-corrected chi connectivity index (χ2v) is 16.9. The standard InChI is InChI=1S/C14H12Br3NO6S2/c15-14(16,17)25(19,20)10-5-3-4-9(8-10)13(24-18)11-6-1-2-7-12(11)26(21,22)23/h1-8,13H,18H2,(H,21,22,23). The van der Waals surface area contributed by atoms with Gasteiger partial charge in [-0.15, -0.1) is 0 Å². The molecule has 142 valence electrons. The third-order valence-electron chi connectivity index (χ3n) is 3.39. The summed E-state index contributed by atoms with van der Waals surface area (Å²) in [5.74, 6) is 5.34. The van der Waals surface area contributed by atoms with Crippen LogP contribution in [0.2, 0.25) is 0 Å². The lowest BCUT2D eigenvalue weighted by Gasteiger charge is -2.19. The van der Waals surface area contributed by atoms with Crippen LogP contribution in [0.15, 0.2) is 58.3 Å². The second-order valence-electron chi connectivity index (χ2n) is 5.05. The van der Waals surface area contributed by atoms with E-state index in [1.807, 2.05) is 0 Å². The van der Waals surface area contributed by atoms with Crippen molar-refractivity contribution in [2.24, 2.45) is 5.90 Å². The molecule has 0 radical (unpaired) electrons. The first-order chi connectivity index (χ1) is 11.9. The molecule has 1 atom stereocenters. The van der Waals surface area contributed by atoms with Gasteiger partial charge >= 0.3 is 0 Å². The molecule has 12 heteroatoms. The molecule has 2 aromatic carbocycles. The first-order valence-electron chi connectivity index (χ1n) is 6.73. The van der Waals surface area contributed by atoms with Crippen LogP contribution in [-0.2, 0) is 24.8 Å². The third kappa shape index (κ3) is 4.55. The summed E-state index contributed by atoms with van der Waals surface area (Å²) < 4.78 is 56.1. The molecule has 0 bridgehead atoms. The van der Waals surface area contributed by atoms with E-state index in [4.69, 9.17) is 10.7 Å². The smallest absolute Gasteiger partial charge is 0.292 e. The molecule has 26 heavy (non-hydrogen) atoms. The molecule has 0 fully saturated rings.